The molecule has 0 aliphatic carbocycles. The molecular weight excluding hydrogens is 328 g/mol. The second kappa shape index (κ2) is 5.97. The van der Waals surface area contributed by atoms with Crippen molar-refractivity contribution in [1.29, 1.82) is 0 Å². The number of rotatable bonds is 2. The summed E-state index contributed by atoms with van der Waals surface area (Å²) in [6.45, 7) is 4.77. The Morgan fingerprint density at radius 2 is 1.92 bits per heavy atom. The lowest BCUT2D eigenvalue weighted by Crippen LogP contribution is -2.42. The highest BCUT2D eigenvalue weighted by Crippen LogP contribution is 2.36. The molecule has 0 bridgehead atoms. The van der Waals surface area contributed by atoms with Crippen LogP contribution in [0.5, 0.6) is 5.75 Å². The SMILES string of the molecule is CC1(C)OCC(C2CNc3cc(-c4cc(F)ccc4F)ccc3O2)O1. The average molecular weight is 347 g/mol. The van der Waals surface area contributed by atoms with Gasteiger partial charge < -0.3 is 19.5 Å². The molecule has 1 fully saturated rings. The van der Waals surface area contributed by atoms with Crippen molar-refractivity contribution in [3.63, 3.8) is 0 Å². The van der Waals surface area contributed by atoms with Gasteiger partial charge in [-0.1, -0.05) is 6.07 Å². The van der Waals surface area contributed by atoms with E-state index in [0.29, 0.717) is 24.5 Å². The number of benzene rings is 2. The van der Waals surface area contributed by atoms with E-state index in [2.05, 4.69) is 5.32 Å². The van der Waals surface area contributed by atoms with E-state index in [-0.39, 0.29) is 17.8 Å². The Balaban J connectivity index is 1.56. The lowest BCUT2D eigenvalue weighted by Gasteiger charge is -2.31. The Kier molecular flexibility index (Phi) is 3.89. The van der Waals surface area contributed by atoms with Crippen LogP contribution in [0.4, 0.5) is 14.5 Å². The number of nitrogens with one attached hydrogen (secondary N) is 1. The summed E-state index contributed by atoms with van der Waals surface area (Å²) in [6.07, 6.45) is -0.331. The van der Waals surface area contributed by atoms with Crippen LogP contribution in [0.2, 0.25) is 0 Å². The highest BCUT2D eigenvalue weighted by atomic mass is 19.1. The third-order valence-electron chi connectivity index (χ3n) is 4.44. The molecule has 4 rings (SSSR count). The van der Waals surface area contributed by atoms with Gasteiger partial charge in [0.15, 0.2) is 5.79 Å². The molecule has 4 nitrogen and oxygen atoms in total. The number of anilines is 1. The maximum atomic E-state index is 14.0. The summed E-state index contributed by atoms with van der Waals surface area (Å²) in [5, 5.41) is 3.28. The number of halogens is 2. The van der Waals surface area contributed by atoms with Crippen LogP contribution in [0.3, 0.4) is 0 Å². The fourth-order valence-electron chi connectivity index (χ4n) is 3.18. The maximum Gasteiger partial charge on any atom is 0.163 e. The molecule has 6 heteroatoms. The standard InChI is InChI=1S/C19H19F2NO3/c1-19(2)23-10-18(25-19)17-9-22-15-7-11(3-6-16(15)24-17)13-8-12(20)4-5-14(13)21/h3-8,17-18,22H,9-10H2,1-2H3. The predicted octanol–water partition coefficient (Wildman–Crippen LogP) is 3.96. The zero-order chi connectivity index (χ0) is 17.6. The van der Waals surface area contributed by atoms with E-state index in [4.69, 9.17) is 14.2 Å². The van der Waals surface area contributed by atoms with Gasteiger partial charge in [-0.2, -0.15) is 0 Å². The molecule has 0 saturated carbocycles. The van der Waals surface area contributed by atoms with Crippen LogP contribution in [-0.4, -0.2) is 31.1 Å². The van der Waals surface area contributed by atoms with E-state index in [1.807, 2.05) is 13.8 Å². The smallest absolute Gasteiger partial charge is 0.163 e. The Hall–Kier alpha value is -2.18. The van der Waals surface area contributed by atoms with Crippen molar-refractivity contribution >= 4 is 5.69 Å². The lowest BCUT2D eigenvalue weighted by molar-refractivity contribution is -0.148. The molecule has 2 atom stereocenters. The normalized spacial score (nSPS) is 24.3. The van der Waals surface area contributed by atoms with Crippen LogP contribution < -0.4 is 10.1 Å². The molecule has 132 valence electrons. The van der Waals surface area contributed by atoms with E-state index < -0.39 is 17.4 Å². The van der Waals surface area contributed by atoms with Crippen LogP contribution >= 0.6 is 0 Å². The van der Waals surface area contributed by atoms with Crippen molar-refractivity contribution in [3.8, 4) is 16.9 Å². The molecule has 2 aliphatic rings. The molecule has 0 amide bonds. The molecule has 2 unspecified atom stereocenters. The third-order valence-corrected chi connectivity index (χ3v) is 4.44. The first-order valence-corrected chi connectivity index (χ1v) is 8.23. The molecule has 0 aromatic heterocycles. The molecule has 2 aromatic carbocycles. The van der Waals surface area contributed by atoms with Gasteiger partial charge in [0, 0.05) is 5.56 Å². The van der Waals surface area contributed by atoms with Crippen molar-refractivity contribution in [1.82, 2.24) is 0 Å². The number of ether oxygens (including phenoxy) is 3. The Labute approximate surface area is 144 Å². The number of fused-ring (bicyclic) bond motifs is 1. The Morgan fingerprint density at radius 1 is 1.08 bits per heavy atom. The van der Waals surface area contributed by atoms with Crippen molar-refractivity contribution in [2.45, 2.75) is 31.8 Å². The van der Waals surface area contributed by atoms with Gasteiger partial charge >= 0.3 is 0 Å². The molecule has 0 radical (unpaired) electrons. The highest BCUT2D eigenvalue weighted by Gasteiger charge is 2.39. The maximum absolute atomic E-state index is 14.0. The number of hydrogen-bond donors (Lipinski definition) is 1. The highest BCUT2D eigenvalue weighted by molar-refractivity contribution is 5.73. The first-order valence-electron chi connectivity index (χ1n) is 8.23. The second-order valence-corrected chi connectivity index (χ2v) is 6.74. The fourth-order valence-corrected chi connectivity index (χ4v) is 3.18. The van der Waals surface area contributed by atoms with E-state index in [1.165, 1.54) is 6.07 Å². The summed E-state index contributed by atoms with van der Waals surface area (Å²) in [7, 11) is 0. The van der Waals surface area contributed by atoms with Crippen LogP contribution in [0, 0.1) is 11.6 Å². The van der Waals surface area contributed by atoms with Gasteiger partial charge in [-0.3, -0.25) is 0 Å². The van der Waals surface area contributed by atoms with Crippen molar-refractivity contribution < 1.29 is 23.0 Å². The van der Waals surface area contributed by atoms with Gasteiger partial charge in [-0.15, -0.1) is 0 Å². The third kappa shape index (κ3) is 3.19. The van der Waals surface area contributed by atoms with Crippen LogP contribution in [0.1, 0.15) is 13.8 Å². The van der Waals surface area contributed by atoms with Crippen LogP contribution in [0.25, 0.3) is 11.1 Å². The number of hydrogen-bond acceptors (Lipinski definition) is 4. The molecule has 1 N–H and O–H groups in total. The van der Waals surface area contributed by atoms with Gasteiger partial charge in [0.2, 0.25) is 0 Å². The summed E-state index contributed by atoms with van der Waals surface area (Å²) in [4.78, 5) is 0. The summed E-state index contributed by atoms with van der Waals surface area (Å²) >= 11 is 0. The molecule has 2 aliphatic heterocycles. The topological polar surface area (TPSA) is 39.7 Å². The Bertz CT molecular complexity index is 809. The molecular formula is C19H19F2NO3. The minimum Gasteiger partial charge on any atom is -0.484 e. The zero-order valence-corrected chi connectivity index (χ0v) is 14.0. The molecule has 25 heavy (non-hydrogen) atoms. The second-order valence-electron chi connectivity index (χ2n) is 6.74. The minimum atomic E-state index is -0.604. The zero-order valence-electron chi connectivity index (χ0n) is 14.0. The largest absolute Gasteiger partial charge is 0.484 e. The van der Waals surface area contributed by atoms with Gasteiger partial charge in [0.1, 0.15) is 29.6 Å². The predicted molar refractivity (Wildman–Crippen MR) is 89.6 cm³/mol. The Morgan fingerprint density at radius 3 is 2.68 bits per heavy atom. The van der Waals surface area contributed by atoms with Crippen LogP contribution in [-0.2, 0) is 9.47 Å². The first kappa shape index (κ1) is 16.3. The van der Waals surface area contributed by atoms with Crippen molar-refractivity contribution in [3.05, 3.63) is 48.0 Å². The average Bonchev–Trinajstić information content (AvgIpc) is 2.96. The summed E-state index contributed by atoms with van der Waals surface area (Å²) in [5.74, 6) is -0.883. The summed E-state index contributed by atoms with van der Waals surface area (Å²) < 4.78 is 44.9. The quantitative estimate of drug-likeness (QED) is 0.893. The van der Waals surface area contributed by atoms with E-state index in [1.54, 1.807) is 18.2 Å². The van der Waals surface area contributed by atoms with Gasteiger partial charge in [0.25, 0.3) is 0 Å². The van der Waals surface area contributed by atoms with E-state index in [0.717, 1.165) is 17.8 Å². The first-order chi connectivity index (χ1) is 11.9. The van der Waals surface area contributed by atoms with Gasteiger partial charge in [-0.25, -0.2) is 8.78 Å². The molecule has 0 spiro atoms. The molecule has 2 heterocycles. The van der Waals surface area contributed by atoms with E-state index in [9.17, 15) is 8.78 Å². The van der Waals surface area contributed by atoms with Gasteiger partial charge in [-0.05, 0) is 49.7 Å². The monoisotopic (exact) mass is 347 g/mol. The van der Waals surface area contributed by atoms with Crippen molar-refractivity contribution in [2.24, 2.45) is 0 Å². The van der Waals surface area contributed by atoms with Crippen molar-refractivity contribution in [2.75, 3.05) is 18.5 Å². The molecule has 1 saturated heterocycles. The van der Waals surface area contributed by atoms with Crippen LogP contribution in [0.15, 0.2) is 36.4 Å². The summed E-state index contributed by atoms with van der Waals surface area (Å²) in [6, 6.07) is 8.66. The van der Waals surface area contributed by atoms with E-state index >= 15 is 0 Å². The van der Waals surface area contributed by atoms with Gasteiger partial charge in [0.05, 0.1) is 18.8 Å². The minimum absolute atomic E-state index is 0.156. The molecule has 2 aromatic rings. The lowest BCUT2D eigenvalue weighted by atomic mass is 10.0. The fraction of sp³-hybridized carbons (Fsp3) is 0.368. The summed E-state index contributed by atoms with van der Waals surface area (Å²) in [5.41, 5.74) is 1.56.